The normalized spacial score (nSPS) is 13.1. The van der Waals surface area contributed by atoms with Crippen LogP contribution in [0.2, 0.25) is 0 Å². The largest absolute Gasteiger partial charge is 0.356 e. The Hall–Kier alpha value is -0.830. The first-order valence-electron chi connectivity index (χ1n) is 9.54. The number of hydrogen-bond donors (Lipinski definition) is 2. The Bertz CT molecular complexity index is 634. The summed E-state index contributed by atoms with van der Waals surface area (Å²) in [5.74, 6) is 1.75. The van der Waals surface area contributed by atoms with Gasteiger partial charge in [0.05, 0.1) is 11.5 Å². The number of benzene rings is 1. The molecule has 0 aliphatic carbocycles. The summed E-state index contributed by atoms with van der Waals surface area (Å²) < 4.78 is 24.4. The van der Waals surface area contributed by atoms with E-state index in [0.717, 1.165) is 23.9 Å². The Balaban J connectivity index is 0.00000676. The lowest BCUT2D eigenvalue weighted by Gasteiger charge is -2.18. The van der Waals surface area contributed by atoms with Crippen molar-refractivity contribution in [3.05, 3.63) is 35.9 Å². The molecule has 0 aliphatic heterocycles. The van der Waals surface area contributed by atoms with Crippen LogP contribution in [0.3, 0.4) is 0 Å². The van der Waals surface area contributed by atoms with Crippen LogP contribution in [-0.2, 0) is 15.6 Å². The van der Waals surface area contributed by atoms with E-state index < -0.39 is 9.84 Å². The number of aliphatic imine (C=N–C) groups is 1. The zero-order valence-electron chi connectivity index (χ0n) is 17.1. The minimum atomic E-state index is -3.08. The van der Waals surface area contributed by atoms with Crippen molar-refractivity contribution in [1.82, 2.24) is 10.6 Å². The van der Waals surface area contributed by atoms with E-state index in [1.807, 2.05) is 30.3 Å². The maximum Gasteiger partial charge on any atom is 0.191 e. The lowest BCUT2D eigenvalue weighted by atomic mass is 10.0. The second-order valence-corrected chi connectivity index (χ2v) is 9.48. The molecule has 2 N–H and O–H groups in total. The quantitative estimate of drug-likeness (QED) is 0.205. The van der Waals surface area contributed by atoms with Gasteiger partial charge in [0.15, 0.2) is 15.8 Å². The fourth-order valence-electron chi connectivity index (χ4n) is 2.73. The summed E-state index contributed by atoms with van der Waals surface area (Å²) in [6.45, 7) is 7.22. The molecule has 0 radical (unpaired) electrons. The van der Waals surface area contributed by atoms with E-state index in [9.17, 15) is 8.42 Å². The molecule has 0 spiro atoms. The number of sulfone groups is 1. The molecule has 0 aliphatic rings. The summed E-state index contributed by atoms with van der Waals surface area (Å²) in [7, 11) is -1.34. The molecular weight excluding hydrogens is 473 g/mol. The van der Waals surface area contributed by atoms with Crippen molar-refractivity contribution >= 4 is 39.8 Å². The number of nitrogens with one attached hydrogen (secondary N) is 2. The van der Waals surface area contributed by atoms with Gasteiger partial charge in [-0.25, -0.2) is 8.42 Å². The van der Waals surface area contributed by atoms with Gasteiger partial charge in [-0.15, -0.1) is 24.0 Å². The van der Waals surface area contributed by atoms with Crippen LogP contribution in [-0.4, -0.2) is 39.8 Å². The number of nitrogens with zero attached hydrogens (tertiary/aromatic N) is 1. The lowest BCUT2D eigenvalue weighted by molar-refractivity contribution is 0.491. The standard InChI is InChI=1S/C20H35N3O2S.HI/c1-17(2)10-8-11-18(3)23-20(21-4)22-14-9-15-26(24,25)16-19-12-6-5-7-13-19;/h5-7,12-13,17-18H,8-11,14-16H2,1-4H3,(H2,21,22,23);1H. The van der Waals surface area contributed by atoms with Crippen LogP contribution in [0.4, 0.5) is 0 Å². The van der Waals surface area contributed by atoms with Crippen molar-refractivity contribution in [3.63, 3.8) is 0 Å². The Morgan fingerprint density at radius 3 is 2.33 bits per heavy atom. The van der Waals surface area contributed by atoms with Crippen LogP contribution >= 0.6 is 24.0 Å². The Labute approximate surface area is 182 Å². The molecule has 1 aromatic rings. The van der Waals surface area contributed by atoms with E-state index in [-0.39, 0.29) is 35.5 Å². The summed E-state index contributed by atoms with van der Waals surface area (Å²) in [6.07, 6.45) is 4.10. The van der Waals surface area contributed by atoms with Gasteiger partial charge in [0.1, 0.15) is 0 Å². The average molecular weight is 509 g/mol. The summed E-state index contributed by atoms with van der Waals surface area (Å²) in [4.78, 5) is 4.22. The van der Waals surface area contributed by atoms with Gasteiger partial charge in [-0.3, -0.25) is 4.99 Å². The van der Waals surface area contributed by atoms with Crippen molar-refractivity contribution in [2.24, 2.45) is 10.9 Å². The predicted octanol–water partition coefficient (Wildman–Crippen LogP) is 3.99. The van der Waals surface area contributed by atoms with E-state index in [2.05, 4.69) is 36.4 Å². The van der Waals surface area contributed by atoms with Crippen molar-refractivity contribution < 1.29 is 8.42 Å². The summed E-state index contributed by atoms with van der Waals surface area (Å²) in [5, 5.41) is 6.58. The molecule has 1 atom stereocenters. The first-order valence-corrected chi connectivity index (χ1v) is 11.4. The highest BCUT2D eigenvalue weighted by atomic mass is 127. The lowest BCUT2D eigenvalue weighted by Crippen LogP contribution is -2.42. The van der Waals surface area contributed by atoms with Gasteiger partial charge in [-0.2, -0.15) is 0 Å². The molecule has 156 valence electrons. The number of guanidine groups is 1. The molecule has 1 aromatic carbocycles. The zero-order valence-corrected chi connectivity index (χ0v) is 20.2. The third-order valence-electron chi connectivity index (χ3n) is 4.18. The fraction of sp³-hybridized carbons (Fsp3) is 0.650. The first-order chi connectivity index (χ1) is 12.3. The third-order valence-corrected chi connectivity index (χ3v) is 5.86. The monoisotopic (exact) mass is 509 g/mol. The van der Waals surface area contributed by atoms with Crippen LogP contribution in [0.15, 0.2) is 35.3 Å². The highest BCUT2D eigenvalue weighted by molar-refractivity contribution is 14.0. The van der Waals surface area contributed by atoms with Crippen LogP contribution < -0.4 is 10.6 Å². The van der Waals surface area contributed by atoms with Gasteiger partial charge in [0.2, 0.25) is 0 Å². The smallest absolute Gasteiger partial charge is 0.191 e. The molecule has 0 saturated carbocycles. The minimum Gasteiger partial charge on any atom is -0.356 e. The number of halogens is 1. The summed E-state index contributed by atoms with van der Waals surface area (Å²) in [5.41, 5.74) is 0.841. The molecule has 27 heavy (non-hydrogen) atoms. The van der Waals surface area contributed by atoms with Gasteiger partial charge in [0, 0.05) is 19.6 Å². The third kappa shape index (κ3) is 13.1. The molecule has 0 amide bonds. The number of hydrogen-bond acceptors (Lipinski definition) is 3. The molecule has 1 unspecified atom stereocenters. The summed E-state index contributed by atoms with van der Waals surface area (Å²) in [6, 6.07) is 9.67. The first kappa shape index (κ1) is 26.2. The maximum absolute atomic E-state index is 12.2. The van der Waals surface area contributed by atoms with Crippen molar-refractivity contribution in [3.8, 4) is 0 Å². The van der Waals surface area contributed by atoms with Crippen LogP contribution in [0, 0.1) is 5.92 Å². The number of rotatable bonds is 11. The van der Waals surface area contributed by atoms with Gasteiger partial charge in [-0.05, 0) is 31.2 Å². The zero-order chi connectivity index (χ0) is 19.4. The second-order valence-electron chi connectivity index (χ2n) is 7.30. The van der Waals surface area contributed by atoms with Crippen molar-refractivity contribution in [2.45, 2.75) is 58.2 Å². The van der Waals surface area contributed by atoms with Gasteiger partial charge >= 0.3 is 0 Å². The van der Waals surface area contributed by atoms with E-state index in [1.165, 1.54) is 12.8 Å². The highest BCUT2D eigenvalue weighted by Crippen LogP contribution is 2.08. The van der Waals surface area contributed by atoms with E-state index in [0.29, 0.717) is 19.0 Å². The molecule has 7 heteroatoms. The maximum atomic E-state index is 12.2. The van der Waals surface area contributed by atoms with Crippen molar-refractivity contribution in [1.29, 1.82) is 0 Å². The van der Waals surface area contributed by atoms with E-state index in [1.54, 1.807) is 7.05 Å². The highest BCUT2D eigenvalue weighted by Gasteiger charge is 2.12. The van der Waals surface area contributed by atoms with Gasteiger partial charge < -0.3 is 10.6 Å². The average Bonchev–Trinajstić information content (AvgIpc) is 2.57. The molecule has 0 aromatic heterocycles. The molecule has 0 bridgehead atoms. The topological polar surface area (TPSA) is 70.6 Å². The fourth-order valence-corrected chi connectivity index (χ4v) is 4.16. The Morgan fingerprint density at radius 2 is 1.74 bits per heavy atom. The van der Waals surface area contributed by atoms with Crippen LogP contribution in [0.1, 0.15) is 52.0 Å². The van der Waals surface area contributed by atoms with Crippen LogP contribution in [0.25, 0.3) is 0 Å². The molecule has 0 fully saturated rings. The van der Waals surface area contributed by atoms with Crippen LogP contribution in [0.5, 0.6) is 0 Å². The Kier molecular flexibility index (Phi) is 13.8. The van der Waals surface area contributed by atoms with Crippen molar-refractivity contribution in [2.75, 3.05) is 19.3 Å². The summed E-state index contributed by atoms with van der Waals surface area (Å²) >= 11 is 0. The van der Waals surface area contributed by atoms with E-state index in [4.69, 9.17) is 0 Å². The molecular formula is C20H36IN3O2S. The van der Waals surface area contributed by atoms with Gasteiger partial charge in [0.25, 0.3) is 0 Å². The molecule has 0 saturated heterocycles. The second kappa shape index (κ2) is 14.2. The Morgan fingerprint density at radius 1 is 1.07 bits per heavy atom. The molecule has 1 rings (SSSR count). The predicted molar refractivity (Wildman–Crippen MR) is 127 cm³/mol. The van der Waals surface area contributed by atoms with Gasteiger partial charge in [-0.1, -0.05) is 57.0 Å². The molecule has 5 nitrogen and oxygen atoms in total. The van der Waals surface area contributed by atoms with E-state index >= 15 is 0 Å². The molecule has 0 heterocycles. The minimum absolute atomic E-state index is 0. The SMILES string of the molecule is CN=C(NCCCS(=O)(=O)Cc1ccccc1)NC(C)CCCC(C)C.I.